The van der Waals surface area contributed by atoms with Crippen LogP contribution in [0.4, 0.5) is 0 Å². The van der Waals surface area contributed by atoms with Crippen LogP contribution in [-0.4, -0.2) is 13.1 Å². The van der Waals surface area contributed by atoms with E-state index in [9.17, 15) is 0 Å². The fraction of sp³-hybridized carbons (Fsp3) is 1.00. The topological polar surface area (TPSA) is 14.1 Å². The van der Waals surface area contributed by atoms with Gasteiger partial charge < -0.3 is 5.32 Å². The number of hydrogen-bond donors (Lipinski definition) is 0. The molecule has 0 radical (unpaired) electrons. The Kier molecular flexibility index (Phi) is 6.46. The van der Waals surface area contributed by atoms with Gasteiger partial charge in [0, 0.05) is 0 Å². The van der Waals surface area contributed by atoms with Crippen LogP contribution in [0.5, 0.6) is 0 Å². The first kappa shape index (κ1) is 9.60. The quantitative estimate of drug-likeness (QED) is 0.372. The maximum absolute atomic E-state index is 4.23. The molecule has 2 heteroatoms. The van der Waals surface area contributed by atoms with Gasteiger partial charge in [0.05, 0.1) is 0 Å². The van der Waals surface area contributed by atoms with Crippen molar-refractivity contribution in [2.45, 2.75) is 19.8 Å². The van der Waals surface area contributed by atoms with E-state index in [1.165, 1.54) is 12.8 Å². The van der Waals surface area contributed by atoms with E-state index in [1.807, 2.05) is 0 Å². The molecular weight excluding hydrogens is 125 g/mol. The number of nitrogens with zero attached hydrogens (tertiary/aromatic N) is 1. The maximum Gasteiger partial charge on any atom is 1.00 e. The maximum atomic E-state index is 4.23. The standard InChI is InChI=1S/C6H12N.K/c1-6-2-4-7-5-3-6;/h6H,2-5H2,1H3;/q-1;+1. The fourth-order valence-electron chi connectivity index (χ4n) is 0.879. The number of hydrogen-bond acceptors (Lipinski definition) is 0. The molecule has 0 N–H and O–H groups in total. The van der Waals surface area contributed by atoms with Crippen LogP contribution in [0.1, 0.15) is 19.8 Å². The Hall–Kier alpha value is 1.60. The summed E-state index contributed by atoms with van der Waals surface area (Å²) >= 11 is 0. The summed E-state index contributed by atoms with van der Waals surface area (Å²) in [5.74, 6) is 0.942. The van der Waals surface area contributed by atoms with E-state index in [-0.39, 0.29) is 51.4 Å². The van der Waals surface area contributed by atoms with Crippen LogP contribution in [0.15, 0.2) is 0 Å². The third-order valence-electron chi connectivity index (χ3n) is 1.56. The van der Waals surface area contributed by atoms with Crippen molar-refractivity contribution in [1.29, 1.82) is 0 Å². The van der Waals surface area contributed by atoms with Gasteiger partial charge in [-0.15, -0.1) is 13.1 Å². The second kappa shape index (κ2) is 5.39. The van der Waals surface area contributed by atoms with Crippen LogP contribution in [-0.2, 0) is 0 Å². The van der Waals surface area contributed by atoms with E-state index in [4.69, 9.17) is 0 Å². The van der Waals surface area contributed by atoms with E-state index in [1.54, 1.807) is 0 Å². The van der Waals surface area contributed by atoms with E-state index in [2.05, 4.69) is 12.2 Å². The first-order valence-corrected chi connectivity index (χ1v) is 3.03. The average Bonchev–Trinajstić information content (AvgIpc) is 1.69. The van der Waals surface area contributed by atoms with Gasteiger partial charge in [-0.05, 0) is 5.92 Å². The second-order valence-corrected chi connectivity index (χ2v) is 2.35. The summed E-state index contributed by atoms with van der Waals surface area (Å²) in [5.41, 5.74) is 0. The van der Waals surface area contributed by atoms with E-state index < -0.39 is 0 Å². The normalized spacial score (nSPS) is 22.1. The second-order valence-electron chi connectivity index (χ2n) is 2.35. The molecule has 1 saturated heterocycles. The van der Waals surface area contributed by atoms with Crippen LogP contribution in [0.2, 0.25) is 0 Å². The molecule has 1 aliphatic heterocycles. The predicted molar refractivity (Wildman–Crippen MR) is 31.5 cm³/mol. The zero-order chi connectivity index (χ0) is 5.11. The summed E-state index contributed by atoms with van der Waals surface area (Å²) in [7, 11) is 0. The molecular formula is C6H12KN. The molecule has 0 aliphatic carbocycles. The zero-order valence-electron chi connectivity index (χ0n) is 5.85. The van der Waals surface area contributed by atoms with E-state index in [0.717, 1.165) is 19.0 Å². The van der Waals surface area contributed by atoms with Gasteiger partial charge in [-0.2, -0.15) is 0 Å². The van der Waals surface area contributed by atoms with Gasteiger partial charge in [0.25, 0.3) is 0 Å². The summed E-state index contributed by atoms with van der Waals surface area (Å²) in [5, 5.41) is 4.23. The summed E-state index contributed by atoms with van der Waals surface area (Å²) in [6, 6.07) is 0. The molecule has 1 aliphatic rings. The molecule has 1 nitrogen and oxygen atoms in total. The van der Waals surface area contributed by atoms with Gasteiger partial charge in [0.2, 0.25) is 0 Å². The van der Waals surface area contributed by atoms with Crippen molar-refractivity contribution < 1.29 is 51.4 Å². The van der Waals surface area contributed by atoms with Crippen molar-refractivity contribution in [2.75, 3.05) is 13.1 Å². The van der Waals surface area contributed by atoms with Crippen LogP contribution in [0.3, 0.4) is 0 Å². The average molecular weight is 137 g/mol. The van der Waals surface area contributed by atoms with Gasteiger partial charge >= 0.3 is 51.4 Å². The molecule has 0 atom stereocenters. The zero-order valence-corrected chi connectivity index (χ0v) is 8.98. The molecule has 1 fully saturated rings. The molecule has 42 valence electrons. The summed E-state index contributed by atoms with van der Waals surface area (Å²) in [6.45, 7) is 4.52. The van der Waals surface area contributed by atoms with E-state index in [0.29, 0.717) is 0 Å². The van der Waals surface area contributed by atoms with E-state index >= 15 is 0 Å². The third-order valence-corrected chi connectivity index (χ3v) is 1.56. The third kappa shape index (κ3) is 3.59. The van der Waals surface area contributed by atoms with Gasteiger partial charge in [-0.3, -0.25) is 0 Å². The summed E-state index contributed by atoms with van der Waals surface area (Å²) in [6.07, 6.45) is 2.64. The Labute approximate surface area is 94.0 Å². The van der Waals surface area contributed by atoms with Crippen LogP contribution in [0.25, 0.3) is 5.32 Å². The van der Waals surface area contributed by atoms with Crippen LogP contribution in [0, 0.1) is 5.92 Å². The van der Waals surface area contributed by atoms with Crippen molar-refractivity contribution >= 4 is 0 Å². The minimum atomic E-state index is 0. The molecule has 1 rings (SSSR count). The molecule has 0 aromatic carbocycles. The summed E-state index contributed by atoms with van der Waals surface area (Å²) < 4.78 is 0. The molecule has 0 amide bonds. The van der Waals surface area contributed by atoms with Crippen molar-refractivity contribution in [2.24, 2.45) is 5.92 Å². The number of piperidine rings is 1. The van der Waals surface area contributed by atoms with Gasteiger partial charge in [-0.25, -0.2) is 0 Å². The Morgan fingerprint density at radius 3 is 2.00 bits per heavy atom. The monoisotopic (exact) mass is 137 g/mol. The minimum absolute atomic E-state index is 0. The Morgan fingerprint density at radius 1 is 1.25 bits per heavy atom. The Balaban J connectivity index is 0.000000490. The van der Waals surface area contributed by atoms with Crippen LogP contribution < -0.4 is 51.4 Å². The SMILES string of the molecule is CC1CC[N-]CC1.[K+]. The van der Waals surface area contributed by atoms with Gasteiger partial charge in [0.1, 0.15) is 0 Å². The molecule has 0 spiro atoms. The van der Waals surface area contributed by atoms with Crippen molar-refractivity contribution in [1.82, 2.24) is 0 Å². The Bertz CT molecular complexity index is 50.5. The van der Waals surface area contributed by atoms with Gasteiger partial charge in [-0.1, -0.05) is 19.8 Å². The fourth-order valence-corrected chi connectivity index (χ4v) is 0.879. The molecule has 1 heterocycles. The van der Waals surface area contributed by atoms with Crippen LogP contribution >= 0.6 is 0 Å². The largest absolute Gasteiger partial charge is 1.00 e. The Morgan fingerprint density at radius 2 is 1.75 bits per heavy atom. The molecule has 8 heavy (non-hydrogen) atoms. The van der Waals surface area contributed by atoms with Gasteiger partial charge in [0.15, 0.2) is 0 Å². The molecule has 0 unspecified atom stereocenters. The van der Waals surface area contributed by atoms with Crippen molar-refractivity contribution in [3.8, 4) is 0 Å². The molecule has 0 aromatic rings. The molecule has 0 aromatic heterocycles. The smallest absolute Gasteiger partial charge is 0.662 e. The predicted octanol–water partition coefficient (Wildman–Crippen LogP) is -1.21. The summed E-state index contributed by atoms with van der Waals surface area (Å²) in [4.78, 5) is 0. The first-order chi connectivity index (χ1) is 3.39. The molecule has 0 saturated carbocycles. The first-order valence-electron chi connectivity index (χ1n) is 3.03. The minimum Gasteiger partial charge on any atom is -0.662 e. The number of rotatable bonds is 0. The molecule has 0 bridgehead atoms. The van der Waals surface area contributed by atoms with Crippen molar-refractivity contribution in [3.05, 3.63) is 5.32 Å². The van der Waals surface area contributed by atoms with Crippen molar-refractivity contribution in [3.63, 3.8) is 0 Å².